The van der Waals surface area contributed by atoms with E-state index in [0.29, 0.717) is 6.29 Å². The van der Waals surface area contributed by atoms with Gasteiger partial charge in [-0.15, -0.1) is 0 Å². The maximum absolute atomic E-state index is 11.9. The van der Waals surface area contributed by atoms with Crippen LogP contribution in [0.15, 0.2) is 29.2 Å². The van der Waals surface area contributed by atoms with Gasteiger partial charge in [0.25, 0.3) is 0 Å². The number of hydrogen-bond donors (Lipinski definition) is 1. The van der Waals surface area contributed by atoms with Crippen molar-refractivity contribution in [2.45, 2.75) is 31.7 Å². The number of rotatable bonds is 5. The number of aldehydes is 1. The number of hydrogen-bond acceptors (Lipinski definition) is 3. The zero-order valence-corrected chi connectivity index (χ0v) is 11.0. The SMILES string of the molecule is Cc1ccc(S(=O)(=O)NC(C=O)C(C)C)cc1. The molecule has 1 aromatic carbocycles. The van der Waals surface area contributed by atoms with Gasteiger partial charge in [-0.25, -0.2) is 13.1 Å². The van der Waals surface area contributed by atoms with E-state index < -0.39 is 16.1 Å². The van der Waals surface area contributed by atoms with Gasteiger partial charge in [0.05, 0.1) is 10.9 Å². The summed E-state index contributed by atoms with van der Waals surface area (Å²) in [5.41, 5.74) is 0.986. The highest BCUT2D eigenvalue weighted by molar-refractivity contribution is 7.89. The van der Waals surface area contributed by atoms with Crippen LogP contribution in [0.5, 0.6) is 0 Å². The summed E-state index contributed by atoms with van der Waals surface area (Å²) in [5.74, 6) is -0.0762. The lowest BCUT2D eigenvalue weighted by Gasteiger charge is -2.16. The van der Waals surface area contributed by atoms with Gasteiger partial charge in [-0.05, 0) is 25.0 Å². The third-order valence-electron chi connectivity index (χ3n) is 2.49. The van der Waals surface area contributed by atoms with E-state index in [0.717, 1.165) is 5.56 Å². The molecule has 1 unspecified atom stereocenters. The predicted molar refractivity (Wildman–Crippen MR) is 66.2 cm³/mol. The van der Waals surface area contributed by atoms with Crippen molar-refractivity contribution in [3.63, 3.8) is 0 Å². The number of carbonyl (C=O) groups is 1. The van der Waals surface area contributed by atoms with Crippen LogP contribution in [0.3, 0.4) is 0 Å². The van der Waals surface area contributed by atoms with E-state index in [2.05, 4.69) is 4.72 Å². The topological polar surface area (TPSA) is 63.2 Å². The quantitative estimate of drug-likeness (QED) is 0.811. The summed E-state index contributed by atoms with van der Waals surface area (Å²) in [7, 11) is -3.61. The van der Waals surface area contributed by atoms with Crippen molar-refractivity contribution < 1.29 is 13.2 Å². The molecule has 94 valence electrons. The van der Waals surface area contributed by atoms with Crippen LogP contribution < -0.4 is 4.72 Å². The van der Waals surface area contributed by atoms with Crippen LogP contribution in [0.2, 0.25) is 0 Å². The van der Waals surface area contributed by atoms with E-state index in [9.17, 15) is 13.2 Å². The van der Waals surface area contributed by atoms with Crippen molar-refractivity contribution in [2.24, 2.45) is 5.92 Å². The van der Waals surface area contributed by atoms with Crippen molar-refractivity contribution in [1.82, 2.24) is 4.72 Å². The van der Waals surface area contributed by atoms with Crippen molar-refractivity contribution in [3.05, 3.63) is 29.8 Å². The first-order chi connectivity index (χ1) is 7.86. The van der Waals surface area contributed by atoms with Gasteiger partial charge >= 0.3 is 0 Å². The summed E-state index contributed by atoms with van der Waals surface area (Å²) < 4.78 is 26.3. The molecule has 0 radical (unpaired) electrons. The second-order valence-corrected chi connectivity index (χ2v) is 6.05. The Bertz CT molecular complexity index is 477. The molecule has 1 atom stereocenters. The third-order valence-corrected chi connectivity index (χ3v) is 3.96. The summed E-state index contributed by atoms with van der Waals surface area (Å²) in [6.07, 6.45) is 0.621. The summed E-state index contributed by atoms with van der Waals surface area (Å²) in [6.45, 7) is 5.46. The van der Waals surface area contributed by atoms with Crippen molar-refractivity contribution in [3.8, 4) is 0 Å². The molecule has 1 aromatic rings. The Balaban J connectivity index is 2.96. The Hall–Kier alpha value is -1.20. The lowest BCUT2D eigenvalue weighted by atomic mass is 10.1. The Morgan fingerprint density at radius 3 is 2.12 bits per heavy atom. The van der Waals surface area contributed by atoms with E-state index in [1.807, 2.05) is 6.92 Å². The Kier molecular flexibility index (Phi) is 4.42. The van der Waals surface area contributed by atoms with Crippen LogP contribution in [-0.2, 0) is 14.8 Å². The average Bonchev–Trinajstić information content (AvgIpc) is 2.26. The van der Waals surface area contributed by atoms with Crippen LogP contribution >= 0.6 is 0 Å². The Morgan fingerprint density at radius 2 is 1.71 bits per heavy atom. The summed E-state index contributed by atoms with van der Waals surface area (Å²) >= 11 is 0. The molecule has 0 aliphatic carbocycles. The average molecular weight is 255 g/mol. The molecule has 0 aliphatic heterocycles. The van der Waals surface area contributed by atoms with Gasteiger partial charge in [0.1, 0.15) is 6.29 Å². The minimum Gasteiger partial charge on any atom is -0.302 e. The number of nitrogens with one attached hydrogen (secondary N) is 1. The predicted octanol–water partition coefficient (Wildman–Crippen LogP) is 1.50. The fraction of sp³-hybridized carbons (Fsp3) is 0.417. The fourth-order valence-corrected chi connectivity index (χ4v) is 2.60. The van der Waals surface area contributed by atoms with E-state index in [1.54, 1.807) is 26.0 Å². The maximum atomic E-state index is 11.9. The van der Waals surface area contributed by atoms with Crippen molar-refractivity contribution >= 4 is 16.3 Å². The highest BCUT2D eigenvalue weighted by Gasteiger charge is 2.21. The second-order valence-electron chi connectivity index (χ2n) is 4.34. The van der Waals surface area contributed by atoms with Crippen LogP contribution in [-0.4, -0.2) is 20.7 Å². The summed E-state index contributed by atoms with van der Waals surface area (Å²) in [5, 5.41) is 0. The molecule has 0 spiro atoms. The van der Waals surface area contributed by atoms with Crippen LogP contribution in [0.4, 0.5) is 0 Å². The minimum atomic E-state index is -3.61. The van der Waals surface area contributed by atoms with Gasteiger partial charge in [0.2, 0.25) is 10.0 Å². The molecular weight excluding hydrogens is 238 g/mol. The fourth-order valence-electron chi connectivity index (χ4n) is 1.29. The first-order valence-corrected chi connectivity index (χ1v) is 6.89. The van der Waals surface area contributed by atoms with Gasteiger partial charge in [-0.1, -0.05) is 31.5 Å². The monoisotopic (exact) mass is 255 g/mol. The van der Waals surface area contributed by atoms with E-state index in [1.165, 1.54) is 12.1 Å². The third kappa shape index (κ3) is 3.64. The molecule has 0 amide bonds. The number of carbonyl (C=O) groups excluding carboxylic acids is 1. The van der Waals surface area contributed by atoms with Crippen molar-refractivity contribution in [2.75, 3.05) is 0 Å². The molecule has 1 rings (SSSR count). The summed E-state index contributed by atoms with van der Waals surface area (Å²) in [6, 6.07) is 5.81. The highest BCUT2D eigenvalue weighted by Crippen LogP contribution is 2.11. The van der Waals surface area contributed by atoms with E-state index in [-0.39, 0.29) is 10.8 Å². The Morgan fingerprint density at radius 1 is 1.18 bits per heavy atom. The number of benzene rings is 1. The first-order valence-electron chi connectivity index (χ1n) is 5.41. The molecule has 0 aliphatic rings. The minimum absolute atomic E-state index is 0.0762. The molecular formula is C12H17NO3S. The van der Waals surface area contributed by atoms with Crippen LogP contribution in [0.25, 0.3) is 0 Å². The second kappa shape index (κ2) is 5.42. The molecule has 0 saturated carbocycles. The first kappa shape index (κ1) is 13.9. The molecule has 1 N–H and O–H groups in total. The highest BCUT2D eigenvalue weighted by atomic mass is 32.2. The lowest BCUT2D eigenvalue weighted by molar-refractivity contribution is -0.110. The molecule has 0 bridgehead atoms. The van der Waals surface area contributed by atoms with Gasteiger partial charge in [-0.3, -0.25) is 0 Å². The zero-order chi connectivity index (χ0) is 13.1. The molecule has 0 heterocycles. The van der Waals surface area contributed by atoms with E-state index in [4.69, 9.17) is 0 Å². The standard InChI is InChI=1S/C12H17NO3S/c1-9(2)12(8-14)13-17(15,16)11-6-4-10(3)5-7-11/h4-9,12-13H,1-3H3. The zero-order valence-electron chi connectivity index (χ0n) is 10.2. The number of aryl methyl sites for hydroxylation is 1. The van der Waals surface area contributed by atoms with E-state index >= 15 is 0 Å². The Labute approximate surface area is 102 Å². The normalized spacial score (nSPS) is 13.6. The summed E-state index contributed by atoms with van der Waals surface area (Å²) in [4.78, 5) is 11.0. The van der Waals surface area contributed by atoms with Gasteiger partial charge in [-0.2, -0.15) is 0 Å². The van der Waals surface area contributed by atoms with Crippen LogP contribution in [0.1, 0.15) is 19.4 Å². The maximum Gasteiger partial charge on any atom is 0.241 e. The largest absolute Gasteiger partial charge is 0.302 e. The molecule has 17 heavy (non-hydrogen) atoms. The van der Waals surface area contributed by atoms with Crippen LogP contribution in [0, 0.1) is 12.8 Å². The molecule has 0 aromatic heterocycles. The van der Waals surface area contributed by atoms with Crippen molar-refractivity contribution in [1.29, 1.82) is 0 Å². The smallest absolute Gasteiger partial charge is 0.241 e. The molecule has 0 fully saturated rings. The molecule has 0 saturated heterocycles. The number of sulfonamides is 1. The van der Waals surface area contributed by atoms with Gasteiger partial charge in [0, 0.05) is 0 Å². The molecule has 5 heteroatoms. The van der Waals surface area contributed by atoms with Gasteiger partial charge < -0.3 is 4.79 Å². The molecule has 4 nitrogen and oxygen atoms in total. The van der Waals surface area contributed by atoms with Gasteiger partial charge in [0.15, 0.2) is 0 Å². The lowest BCUT2D eigenvalue weighted by Crippen LogP contribution is -2.39.